The number of pyridine rings is 1. The van der Waals surface area contributed by atoms with Crippen LogP contribution in [0.1, 0.15) is 51.2 Å². The molecule has 1 N–H and O–H groups in total. The maximum absolute atomic E-state index is 13.8. The van der Waals surface area contributed by atoms with Crippen molar-refractivity contribution >= 4 is 11.8 Å². The van der Waals surface area contributed by atoms with Crippen molar-refractivity contribution in [2.45, 2.75) is 51.2 Å². The average Bonchev–Trinajstić information content (AvgIpc) is 3.42. The molecule has 0 bridgehead atoms. The summed E-state index contributed by atoms with van der Waals surface area (Å²) in [6, 6.07) is 15.6. The smallest absolute Gasteiger partial charge is 0.275 e. The third kappa shape index (κ3) is 4.47. The summed E-state index contributed by atoms with van der Waals surface area (Å²) in [5, 5.41) is 2.75. The van der Waals surface area contributed by atoms with Gasteiger partial charge in [0, 0.05) is 31.9 Å². The molecular formula is C29H29FN4O4. The number of halogens is 1. The van der Waals surface area contributed by atoms with Crippen LogP contribution in [0.25, 0.3) is 0 Å². The zero-order valence-corrected chi connectivity index (χ0v) is 20.9. The Kier molecular flexibility index (Phi) is 6.45. The Bertz CT molecular complexity index is 1420. The van der Waals surface area contributed by atoms with Crippen molar-refractivity contribution in [3.8, 4) is 5.75 Å². The van der Waals surface area contributed by atoms with Gasteiger partial charge in [0.1, 0.15) is 24.2 Å². The molecule has 4 heterocycles. The number of amides is 2. The minimum atomic E-state index is -0.619. The summed E-state index contributed by atoms with van der Waals surface area (Å²) in [6.07, 6.45) is 4.51. The Labute approximate surface area is 219 Å². The minimum Gasteiger partial charge on any atom is -0.483 e. The van der Waals surface area contributed by atoms with E-state index in [1.807, 2.05) is 35.2 Å². The number of ether oxygens (including phenoxy) is 1. The van der Waals surface area contributed by atoms with Crippen LogP contribution in [0.3, 0.4) is 0 Å². The first-order valence-corrected chi connectivity index (χ1v) is 13.0. The van der Waals surface area contributed by atoms with Crippen LogP contribution in [-0.4, -0.2) is 51.5 Å². The third-order valence-electron chi connectivity index (χ3n) is 7.77. The molecule has 9 heteroatoms. The number of hydrogen-bond acceptors (Lipinski definition) is 5. The largest absolute Gasteiger partial charge is 0.483 e. The van der Waals surface area contributed by atoms with Crippen LogP contribution in [0.15, 0.2) is 65.6 Å². The van der Waals surface area contributed by atoms with Crippen molar-refractivity contribution in [2.75, 3.05) is 13.1 Å². The molecule has 8 nitrogen and oxygen atoms in total. The van der Waals surface area contributed by atoms with E-state index in [4.69, 9.17) is 4.74 Å². The van der Waals surface area contributed by atoms with Gasteiger partial charge in [0.25, 0.3) is 11.8 Å². The summed E-state index contributed by atoms with van der Waals surface area (Å²) >= 11 is 0. The molecule has 3 aromatic rings. The van der Waals surface area contributed by atoms with Gasteiger partial charge in [-0.2, -0.15) is 0 Å². The topological polar surface area (TPSA) is 83.9 Å². The predicted octanol–water partition coefficient (Wildman–Crippen LogP) is 3.15. The van der Waals surface area contributed by atoms with Gasteiger partial charge in [0.15, 0.2) is 11.4 Å². The SMILES string of the molecule is O=C(NCc1ccc(F)cc1)c1cn2c(c(OCc3ccccc3)c1=O)C(=O)N1CCC3CCCN3[C@@H]1C2. The molecule has 0 aliphatic carbocycles. The molecule has 3 aliphatic heterocycles. The van der Waals surface area contributed by atoms with Crippen molar-refractivity contribution in [1.82, 2.24) is 19.7 Å². The monoisotopic (exact) mass is 516 g/mol. The van der Waals surface area contributed by atoms with Gasteiger partial charge in [0.2, 0.25) is 5.43 Å². The van der Waals surface area contributed by atoms with Gasteiger partial charge in [-0.15, -0.1) is 0 Å². The van der Waals surface area contributed by atoms with Gasteiger partial charge in [-0.3, -0.25) is 19.3 Å². The number of nitrogens with zero attached hydrogens (tertiary/aromatic N) is 3. The predicted molar refractivity (Wildman–Crippen MR) is 138 cm³/mol. The summed E-state index contributed by atoms with van der Waals surface area (Å²) < 4.78 is 21.0. The standard InChI is InChI=1S/C29H29FN4O4/c30-21-10-8-19(9-11-21)15-31-28(36)23-16-32-17-24-33-13-4-7-22(33)12-14-34(24)29(37)25(32)27(26(23)35)38-18-20-5-2-1-3-6-20/h1-3,5-6,8-11,16,22,24H,4,7,12-15,17-18H2,(H,31,36)/t22?,24-/m0/s1. The molecule has 0 saturated carbocycles. The number of nitrogens with one attached hydrogen (secondary N) is 1. The maximum Gasteiger partial charge on any atom is 0.275 e. The normalized spacial score (nSPS) is 20.4. The quantitative estimate of drug-likeness (QED) is 0.544. The lowest BCUT2D eigenvalue weighted by molar-refractivity contribution is -0.0213. The number of aromatic nitrogens is 1. The van der Waals surface area contributed by atoms with E-state index in [0.717, 1.165) is 31.4 Å². The van der Waals surface area contributed by atoms with Crippen molar-refractivity contribution in [3.05, 3.63) is 99.2 Å². The first-order valence-electron chi connectivity index (χ1n) is 13.0. The van der Waals surface area contributed by atoms with Crippen LogP contribution in [0.5, 0.6) is 5.75 Å². The fourth-order valence-electron chi connectivity index (χ4n) is 5.84. The van der Waals surface area contributed by atoms with Crippen molar-refractivity contribution in [1.29, 1.82) is 0 Å². The van der Waals surface area contributed by atoms with Crippen LogP contribution in [0.4, 0.5) is 4.39 Å². The number of rotatable bonds is 6. The van der Waals surface area contributed by atoms with Gasteiger partial charge in [-0.1, -0.05) is 42.5 Å². The molecule has 2 atom stereocenters. The highest BCUT2D eigenvalue weighted by atomic mass is 19.1. The van der Waals surface area contributed by atoms with Gasteiger partial charge < -0.3 is 19.5 Å². The molecule has 1 unspecified atom stereocenters. The summed E-state index contributed by atoms with van der Waals surface area (Å²) in [5.41, 5.74) is 1.03. The molecule has 38 heavy (non-hydrogen) atoms. The second kappa shape index (κ2) is 10.1. The van der Waals surface area contributed by atoms with Gasteiger partial charge in [-0.05, 0) is 42.5 Å². The Morgan fingerprint density at radius 2 is 1.79 bits per heavy atom. The zero-order valence-electron chi connectivity index (χ0n) is 20.9. The van der Waals surface area contributed by atoms with E-state index in [0.29, 0.717) is 24.7 Å². The van der Waals surface area contributed by atoms with Crippen LogP contribution < -0.4 is 15.5 Å². The number of hydrogen-bond donors (Lipinski definition) is 1. The van der Waals surface area contributed by atoms with Crippen LogP contribution in [-0.2, 0) is 19.7 Å². The second-order valence-corrected chi connectivity index (χ2v) is 10.1. The van der Waals surface area contributed by atoms with E-state index in [-0.39, 0.29) is 48.0 Å². The van der Waals surface area contributed by atoms with E-state index < -0.39 is 11.3 Å². The number of carbonyl (C=O) groups is 2. The first kappa shape index (κ1) is 24.4. The Morgan fingerprint density at radius 1 is 1.00 bits per heavy atom. The molecule has 196 valence electrons. The average molecular weight is 517 g/mol. The molecule has 2 aromatic carbocycles. The third-order valence-corrected chi connectivity index (χ3v) is 7.77. The lowest BCUT2D eigenvalue weighted by Gasteiger charge is -2.48. The van der Waals surface area contributed by atoms with E-state index >= 15 is 0 Å². The zero-order chi connectivity index (χ0) is 26.2. The molecule has 3 aliphatic rings. The maximum atomic E-state index is 13.8. The first-order chi connectivity index (χ1) is 18.5. The fourth-order valence-corrected chi connectivity index (χ4v) is 5.84. The highest BCUT2D eigenvalue weighted by Crippen LogP contribution is 2.34. The number of benzene rings is 2. The van der Waals surface area contributed by atoms with Gasteiger partial charge in [0.05, 0.1) is 6.54 Å². The summed E-state index contributed by atoms with van der Waals surface area (Å²) in [7, 11) is 0. The molecule has 2 saturated heterocycles. The van der Waals surface area contributed by atoms with Gasteiger partial charge >= 0.3 is 0 Å². The van der Waals surface area contributed by atoms with Crippen molar-refractivity contribution in [3.63, 3.8) is 0 Å². The molecule has 2 amide bonds. The number of carbonyl (C=O) groups excluding carboxylic acids is 2. The molecule has 6 rings (SSSR count). The van der Waals surface area contributed by atoms with E-state index in [1.165, 1.54) is 18.3 Å². The van der Waals surface area contributed by atoms with Crippen LogP contribution in [0, 0.1) is 5.82 Å². The van der Waals surface area contributed by atoms with E-state index in [2.05, 4.69) is 10.2 Å². The minimum absolute atomic E-state index is 0.0889. The molecule has 0 spiro atoms. The van der Waals surface area contributed by atoms with Crippen molar-refractivity contribution in [2.24, 2.45) is 0 Å². The molecular weight excluding hydrogens is 487 g/mol. The summed E-state index contributed by atoms with van der Waals surface area (Å²) in [6.45, 7) is 2.24. The number of fused-ring (bicyclic) bond motifs is 4. The highest BCUT2D eigenvalue weighted by Gasteiger charge is 2.45. The van der Waals surface area contributed by atoms with Crippen LogP contribution >= 0.6 is 0 Å². The van der Waals surface area contributed by atoms with Crippen molar-refractivity contribution < 1.29 is 18.7 Å². The fraction of sp³-hybridized carbons (Fsp3) is 0.345. The Balaban J connectivity index is 1.35. The highest BCUT2D eigenvalue weighted by molar-refractivity contribution is 5.99. The summed E-state index contributed by atoms with van der Waals surface area (Å²) in [5.74, 6) is -1.29. The van der Waals surface area contributed by atoms with Crippen LogP contribution in [0.2, 0.25) is 0 Å². The lowest BCUT2D eigenvalue weighted by atomic mass is 10.0. The van der Waals surface area contributed by atoms with E-state index in [1.54, 1.807) is 16.7 Å². The molecule has 1 aromatic heterocycles. The lowest BCUT2D eigenvalue weighted by Crippen LogP contribution is -2.62. The van der Waals surface area contributed by atoms with Gasteiger partial charge in [-0.25, -0.2) is 4.39 Å². The Morgan fingerprint density at radius 3 is 2.58 bits per heavy atom. The summed E-state index contributed by atoms with van der Waals surface area (Å²) in [4.78, 5) is 44.8. The molecule has 2 fully saturated rings. The van der Waals surface area contributed by atoms with E-state index in [9.17, 15) is 18.8 Å². The Hall–Kier alpha value is -3.98. The second-order valence-electron chi connectivity index (χ2n) is 10.1. The molecule has 0 radical (unpaired) electrons.